The van der Waals surface area contributed by atoms with Crippen LogP contribution in [0.2, 0.25) is 0 Å². The zero-order valence-corrected chi connectivity index (χ0v) is 20.0. The summed E-state index contributed by atoms with van der Waals surface area (Å²) >= 11 is 9.11. The van der Waals surface area contributed by atoms with E-state index in [0.29, 0.717) is 10.9 Å². The average Bonchev–Trinajstić information content (AvgIpc) is 3.18. The van der Waals surface area contributed by atoms with Gasteiger partial charge in [-0.25, -0.2) is 14.5 Å². The number of methoxy groups -OCH3 is 1. The van der Waals surface area contributed by atoms with Crippen molar-refractivity contribution >= 4 is 67.5 Å². The summed E-state index contributed by atoms with van der Waals surface area (Å²) < 4.78 is 14.5. The van der Waals surface area contributed by atoms with Crippen LogP contribution in [0.15, 0.2) is 63.9 Å². The van der Waals surface area contributed by atoms with E-state index in [4.69, 9.17) is 21.4 Å². The van der Waals surface area contributed by atoms with Crippen LogP contribution in [-0.2, 0) is 6.42 Å². The molecule has 31 heavy (non-hydrogen) atoms. The van der Waals surface area contributed by atoms with Gasteiger partial charge in [0.2, 0.25) is 10.7 Å². The highest BCUT2D eigenvalue weighted by atomic mass is 127. The number of fused-ring (bicyclic) bond motifs is 2. The lowest BCUT2D eigenvalue weighted by Gasteiger charge is -2.05. The van der Waals surface area contributed by atoms with Crippen LogP contribution in [-0.4, -0.2) is 21.6 Å². The van der Waals surface area contributed by atoms with Gasteiger partial charge in [-0.15, -0.1) is 0 Å². The third kappa shape index (κ3) is 3.66. The fourth-order valence-electron chi connectivity index (χ4n) is 3.35. The Balaban J connectivity index is 1.61. The van der Waals surface area contributed by atoms with Crippen molar-refractivity contribution in [3.8, 4) is 10.9 Å². The molecule has 0 unspecified atom stereocenters. The van der Waals surface area contributed by atoms with Crippen LogP contribution in [0.3, 0.4) is 0 Å². The van der Waals surface area contributed by atoms with Crippen LogP contribution in [0, 0.1) is 8.41 Å². The lowest BCUT2D eigenvalue weighted by molar-refractivity contribution is 0.404. The fourth-order valence-corrected chi connectivity index (χ4v) is 5.27. The second-order valence-electron chi connectivity index (χ2n) is 6.77. The van der Waals surface area contributed by atoms with Crippen LogP contribution >= 0.6 is 46.1 Å². The molecule has 0 spiro atoms. The maximum absolute atomic E-state index is 13.1. The van der Waals surface area contributed by atoms with Crippen LogP contribution in [0.1, 0.15) is 11.1 Å². The van der Waals surface area contributed by atoms with Crippen LogP contribution < -0.4 is 10.3 Å². The molecule has 0 atom stereocenters. The molecule has 0 saturated heterocycles. The predicted octanol–water partition coefficient (Wildman–Crippen LogP) is 5.52. The molecule has 3 heterocycles. The van der Waals surface area contributed by atoms with Gasteiger partial charge in [-0.05, 0) is 70.6 Å². The standard InChI is InChI=1S/C22H14IN3O3S2/c1-28-16-8-9-24-18-19(16)29-22(30)26(20(18)27)21-25-15-7-6-12(11-17(15)31-21)10-13-4-2-3-5-14(13)23/h2-9,11H,10H2,1H3. The number of aromatic nitrogens is 3. The first-order chi connectivity index (χ1) is 15.0. The molecule has 0 radical (unpaired) electrons. The summed E-state index contributed by atoms with van der Waals surface area (Å²) in [6, 6.07) is 16.1. The second kappa shape index (κ2) is 8.13. The first-order valence-electron chi connectivity index (χ1n) is 9.27. The predicted molar refractivity (Wildman–Crippen MR) is 132 cm³/mol. The topological polar surface area (TPSA) is 70.2 Å². The van der Waals surface area contributed by atoms with E-state index in [1.54, 1.807) is 6.07 Å². The zero-order chi connectivity index (χ0) is 21.5. The van der Waals surface area contributed by atoms with Gasteiger partial charge >= 0.3 is 0 Å². The molecule has 0 bridgehead atoms. The molecule has 6 nitrogen and oxygen atoms in total. The lowest BCUT2D eigenvalue weighted by Crippen LogP contribution is -2.20. The number of thiazole rings is 1. The Morgan fingerprint density at radius 3 is 2.87 bits per heavy atom. The Hall–Kier alpha value is -2.63. The smallest absolute Gasteiger partial charge is 0.290 e. The maximum atomic E-state index is 13.1. The highest BCUT2D eigenvalue weighted by molar-refractivity contribution is 14.1. The summed E-state index contributed by atoms with van der Waals surface area (Å²) in [5.74, 6) is 0.407. The number of hydrogen-bond donors (Lipinski definition) is 0. The molecule has 0 aliphatic rings. The molecular formula is C22H14IN3O3S2. The van der Waals surface area contributed by atoms with Crippen molar-refractivity contribution < 1.29 is 9.15 Å². The van der Waals surface area contributed by atoms with E-state index < -0.39 is 0 Å². The SMILES string of the molecule is COc1ccnc2c(=O)n(-c3nc4ccc(Cc5ccccc5I)cc4s3)c(=S)oc12. The molecule has 5 aromatic rings. The molecule has 3 aromatic heterocycles. The Bertz CT molecular complexity index is 1570. The first kappa shape index (κ1) is 20.3. The van der Waals surface area contributed by atoms with Gasteiger partial charge in [-0.3, -0.25) is 4.79 Å². The third-order valence-electron chi connectivity index (χ3n) is 4.85. The quantitative estimate of drug-likeness (QED) is 0.213. The van der Waals surface area contributed by atoms with Crippen LogP contribution in [0.25, 0.3) is 26.4 Å². The fraction of sp³-hybridized carbons (Fsp3) is 0.0909. The van der Waals surface area contributed by atoms with Gasteiger partial charge < -0.3 is 9.15 Å². The number of benzene rings is 2. The number of pyridine rings is 1. The molecule has 2 aromatic carbocycles. The molecule has 154 valence electrons. The summed E-state index contributed by atoms with van der Waals surface area (Å²) in [6.45, 7) is 0. The van der Waals surface area contributed by atoms with Gasteiger partial charge in [0, 0.05) is 15.8 Å². The van der Waals surface area contributed by atoms with E-state index >= 15 is 0 Å². The molecule has 5 rings (SSSR count). The van der Waals surface area contributed by atoms with Gasteiger partial charge in [-0.1, -0.05) is 35.6 Å². The molecule has 0 amide bonds. The van der Waals surface area contributed by atoms with Crippen molar-refractivity contribution in [1.82, 2.24) is 14.5 Å². The largest absolute Gasteiger partial charge is 0.493 e. The van der Waals surface area contributed by atoms with Gasteiger partial charge in [-0.2, -0.15) is 0 Å². The van der Waals surface area contributed by atoms with E-state index in [0.717, 1.165) is 16.6 Å². The highest BCUT2D eigenvalue weighted by Gasteiger charge is 2.17. The van der Waals surface area contributed by atoms with E-state index in [2.05, 4.69) is 56.8 Å². The third-order valence-corrected chi connectivity index (χ3v) is 7.17. The molecule has 0 saturated carbocycles. The van der Waals surface area contributed by atoms with Crippen molar-refractivity contribution in [3.63, 3.8) is 0 Å². The molecule has 0 N–H and O–H groups in total. The molecule has 9 heteroatoms. The number of ether oxygens (including phenoxy) is 1. The van der Waals surface area contributed by atoms with Crippen molar-refractivity contribution in [2.24, 2.45) is 0 Å². The normalized spacial score (nSPS) is 11.3. The summed E-state index contributed by atoms with van der Waals surface area (Å²) in [5, 5.41) is 0.451. The minimum absolute atomic E-state index is 0.00178. The number of nitrogens with zero attached hydrogens (tertiary/aromatic N) is 3. The summed E-state index contributed by atoms with van der Waals surface area (Å²) in [4.78, 5) is 21.9. The Labute approximate surface area is 199 Å². The van der Waals surface area contributed by atoms with E-state index in [9.17, 15) is 4.79 Å². The Kier molecular flexibility index (Phi) is 5.32. The minimum Gasteiger partial charge on any atom is -0.493 e. The lowest BCUT2D eigenvalue weighted by atomic mass is 10.1. The maximum Gasteiger partial charge on any atom is 0.290 e. The monoisotopic (exact) mass is 559 g/mol. The molecule has 0 aliphatic heterocycles. The minimum atomic E-state index is -0.386. The van der Waals surface area contributed by atoms with Gasteiger partial charge in [0.15, 0.2) is 11.3 Å². The number of hydrogen-bond acceptors (Lipinski definition) is 7. The second-order valence-corrected chi connectivity index (χ2v) is 9.29. The van der Waals surface area contributed by atoms with Crippen molar-refractivity contribution in [3.05, 3.63) is 84.6 Å². The Morgan fingerprint density at radius 1 is 1.23 bits per heavy atom. The van der Waals surface area contributed by atoms with E-state index in [1.165, 1.54) is 43.9 Å². The van der Waals surface area contributed by atoms with E-state index in [-0.39, 0.29) is 21.5 Å². The van der Waals surface area contributed by atoms with E-state index in [1.807, 2.05) is 18.2 Å². The number of halogens is 1. The van der Waals surface area contributed by atoms with Gasteiger partial charge in [0.1, 0.15) is 0 Å². The summed E-state index contributed by atoms with van der Waals surface area (Å²) in [7, 11) is 1.50. The highest BCUT2D eigenvalue weighted by Crippen LogP contribution is 2.28. The Morgan fingerprint density at radius 2 is 2.06 bits per heavy atom. The first-order valence-corrected chi connectivity index (χ1v) is 11.6. The zero-order valence-electron chi connectivity index (χ0n) is 16.2. The number of rotatable bonds is 4. The molecule has 0 fully saturated rings. The van der Waals surface area contributed by atoms with Crippen molar-refractivity contribution in [2.45, 2.75) is 6.42 Å². The van der Waals surface area contributed by atoms with Crippen molar-refractivity contribution in [1.29, 1.82) is 0 Å². The average molecular weight is 559 g/mol. The summed E-state index contributed by atoms with van der Waals surface area (Å²) in [6.07, 6.45) is 2.32. The molecular weight excluding hydrogens is 545 g/mol. The van der Waals surface area contributed by atoms with Crippen LogP contribution in [0.5, 0.6) is 5.75 Å². The van der Waals surface area contributed by atoms with Gasteiger partial charge in [0.25, 0.3) is 10.4 Å². The van der Waals surface area contributed by atoms with Crippen molar-refractivity contribution in [2.75, 3.05) is 7.11 Å². The molecule has 0 aliphatic carbocycles. The van der Waals surface area contributed by atoms with Gasteiger partial charge in [0.05, 0.1) is 17.3 Å². The summed E-state index contributed by atoms with van der Waals surface area (Å²) in [5.41, 5.74) is 3.23. The van der Waals surface area contributed by atoms with Crippen LogP contribution in [0.4, 0.5) is 0 Å².